The van der Waals surface area contributed by atoms with Gasteiger partial charge in [0.05, 0.1) is 13.2 Å². The van der Waals surface area contributed by atoms with Crippen molar-refractivity contribution in [1.29, 1.82) is 0 Å². The molecule has 2 aliphatic heterocycles. The number of nitrogens with zero attached hydrogens (tertiary/aromatic N) is 2. The summed E-state index contributed by atoms with van der Waals surface area (Å²) in [5.74, 6) is 0.815. The monoisotopic (exact) mass is 288 g/mol. The van der Waals surface area contributed by atoms with Crippen molar-refractivity contribution in [2.24, 2.45) is 5.92 Å². The third-order valence-electron chi connectivity index (χ3n) is 4.36. The van der Waals surface area contributed by atoms with E-state index >= 15 is 0 Å². The van der Waals surface area contributed by atoms with E-state index in [1.807, 2.05) is 4.90 Å². The zero-order valence-electron chi connectivity index (χ0n) is 13.0. The zero-order chi connectivity index (χ0) is 14.8. The van der Waals surface area contributed by atoms with Gasteiger partial charge >= 0.3 is 0 Å². The lowest BCUT2D eigenvalue weighted by atomic mass is 10.1. The van der Waals surface area contributed by atoms with Crippen LogP contribution in [0.4, 0.5) is 5.69 Å². The molecule has 0 N–H and O–H groups in total. The molecule has 1 aromatic carbocycles. The highest BCUT2D eigenvalue weighted by atomic mass is 16.5. The molecule has 0 bridgehead atoms. The summed E-state index contributed by atoms with van der Waals surface area (Å²) in [5, 5.41) is 0. The minimum absolute atomic E-state index is 0.213. The number of aryl methyl sites for hydroxylation is 2. The number of carbonyl (C=O) groups is 1. The van der Waals surface area contributed by atoms with Gasteiger partial charge in [-0.25, -0.2) is 0 Å². The standard InChI is InChI=1S/C17H24N2O2/c1-13-7-14(2)9-16(8-13)19-5-4-18(11-17(19)20)10-15-3-6-21-12-15/h7-9,15H,3-6,10-12H2,1-2H3/t15-/m1/s1. The molecule has 3 rings (SSSR count). The molecule has 2 fully saturated rings. The molecule has 0 aliphatic carbocycles. The first-order valence-electron chi connectivity index (χ1n) is 7.80. The van der Waals surface area contributed by atoms with Crippen LogP contribution < -0.4 is 4.90 Å². The van der Waals surface area contributed by atoms with Gasteiger partial charge in [0.15, 0.2) is 0 Å². The Morgan fingerprint density at radius 2 is 1.95 bits per heavy atom. The molecule has 0 radical (unpaired) electrons. The van der Waals surface area contributed by atoms with Crippen molar-refractivity contribution < 1.29 is 9.53 Å². The summed E-state index contributed by atoms with van der Waals surface area (Å²) in [6.07, 6.45) is 1.13. The SMILES string of the molecule is Cc1cc(C)cc(N2CCN(C[C@H]3CCOC3)CC2=O)c1. The molecule has 0 saturated carbocycles. The lowest BCUT2D eigenvalue weighted by Gasteiger charge is -2.35. The van der Waals surface area contributed by atoms with Gasteiger partial charge in [-0.2, -0.15) is 0 Å². The molecule has 1 atom stereocenters. The number of rotatable bonds is 3. The Balaban J connectivity index is 1.63. The summed E-state index contributed by atoms with van der Waals surface area (Å²) in [6, 6.07) is 6.35. The van der Waals surface area contributed by atoms with E-state index in [1.165, 1.54) is 11.1 Å². The number of piperazine rings is 1. The van der Waals surface area contributed by atoms with Gasteiger partial charge in [0.1, 0.15) is 0 Å². The van der Waals surface area contributed by atoms with Gasteiger partial charge in [-0.1, -0.05) is 6.07 Å². The van der Waals surface area contributed by atoms with Gasteiger partial charge in [0.25, 0.3) is 0 Å². The summed E-state index contributed by atoms with van der Waals surface area (Å²) >= 11 is 0. The molecule has 114 valence electrons. The quantitative estimate of drug-likeness (QED) is 0.853. The van der Waals surface area contributed by atoms with Crippen LogP contribution in [0.15, 0.2) is 18.2 Å². The molecule has 21 heavy (non-hydrogen) atoms. The average Bonchev–Trinajstić information content (AvgIpc) is 2.90. The molecule has 4 heteroatoms. The second kappa shape index (κ2) is 6.16. The number of benzene rings is 1. The number of anilines is 1. The number of ether oxygens (including phenoxy) is 1. The van der Waals surface area contributed by atoms with Crippen LogP contribution in [-0.4, -0.2) is 50.2 Å². The number of carbonyl (C=O) groups excluding carboxylic acids is 1. The average molecular weight is 288 g/mol. The minimum Gasteiger partial charge on any atom is -0.381 e. The normalized spacial score (nSPS) is 23.8. The molecule has 0 unspecified atom stereocenters. The maximum absolute atomic E-state index is 12.5. The van der Waals surface area contributed by atoms with E-state index in [-0.39, 0.29) is 5.91 Å². The molecule has 2 heterocycles. The van der Waals surface area contributed by atoms with Gasteiger partial charge < -0.3 is 9.64 Å². The summed E-state index contributed by atoms with van der Waals surface area (Å²) in [4.78, 5) is 16.7. The van der Waals surface area contributed by atoms with E-state index in [2.05, 4.69) is 36.9 Å². The highest BCUT2D eigenvalue weighted by molar-refractivity contribution is 5.95. The maximum Gasteiger partial charge on any atom is 0.241 e. The summed E-state index contributed by atoms with van der Waals surface area (Å²) in [5.41, 5.74) is 3.47. The minimum atomic E-state index is 0.213. The lowest BCUT2D eigenvalue weighted by Crippen LogP contribution is -2.51. The van der Waals surface area contributed by atoms with Gasteiger partial charge in [-0.3, -0.25) is 9.69 Å². The first-order chi connectivity index (χ1) is 10.1. The maximum atomic E-state index is 12.5. The Morgan fingerprint density at radius 1 is 1.19 bits per heavy atom. The first kappa shape index (κ1) is 14.5. The first-order valence-corrected chi connectivity index (χ1v) is 7.80. The van der Waals surface area contributed by atoms with E-state index in [0.29, 0.717) is 12.5 Å². The zero-order valence-corrected chi connectivity index (χ0v) is 13.0. The van der Waals surface area contributed by atoms with Crippen LogP contribution >= 0.6 is 0 Å². The Bertz CT molecular complexity index is 503. The van der Waals surface area contributed by atoms with E-state index < -0.39 is 0 Å². The fourth-order valence-corrected chi connectivity index (χ4v) is 3.35. The van der Waals surface area contributed by atoms with Crippen molar-refractivity contribution in [2.45, 2.75) is 20.3 Å². The van der Waals surface area contributed by atoms with Crippen LogP contribution in [0.25, 0.3) is 0 Å². The van der Waals surface area contributed by atoms with E-state index in [4.69, 9.17) is 4.74 Å². The van der Waals surface area contributed by atoms with E-state index in [0.717, 1.165) is 45.0 Å². The summed E-state index contributed by atoms with van der Waals surface area (Å²) in [6.45, 7) is 9.15. The predicted molar refractivity (Wildman–Crippen MR) is 83.6 cm³/mol. The van der Waals surface area contributed by atoms with Crippen molar-refractivity contribution in [3.05, 3.63) is 29.3 Å². The lowest BCUT2D eigenvalue weighted by molar-refractivity contribution is -0.121. The van der Waals surface area contributed by atoms with Crippen LogP contribution in [-0.2, 0) is 9.53 Å². The highest BCUT2D eigenvalue weighted by Crippen LogP contribution is 2.22. The molecular weight excluding hydrogens is 264 g/mol. The Labute approximate surface area is 126 Å². The topological polar surface area (TPSA) is 32.8 Å². The highest BCUT2D eigenvalue weighted by Gasteiger charge is 2.27. The molecule has 4 nitrogen and oxygen atoms in total. The molecule has 1 amide bonds. The van der Waals surface area contributed by atoms with Crippen molar-refractivity contribution in [3.63, 3.8) is 0 Å². The second-order valence-corrected chi connectivity index (χ2v) is 6.36. The van der Waals surface area contributed by atoms with Crippen molar-refractivity contribution in [2.75, 3.05) is 44.3 Å². The smallest absolute Gasteiger partial charge is 0.241 e. The molecule has 0 spiro atoms. The molecule has 1 aromatic rings. The van der Waals surface area contributed by atoms with Gasteiger partial charge in [-0.05, 0) is 49.4 Å². The van der Waals surface area contributed by atoms with Gasteiger partial charge in [-0.15, -0.1) is 0 Å². The van der Waals surface area contributed by atoms with Crippen LogP contribution in [0.5, 0.6) is 0 Å². The van der Waals surface area contributed by atoms with Crippen molar-refractivity contribution in [1.82, 2.24) is 4.90 Å². The van der Waals surface area contributed by atoms with E-state index in [9.17, 15) is 4.79 Å². The number of hydrogen-bond donors (Lipinski definition) is 0. The summed E-state index contributed by atoms with van der Waals surface area (Å²) < 4.78 is 5.42. The van der Waals surface area contributed by atoms with Crippen LogP contribution in [0.2, 0.25) is 0 Å². The third kappa shape index (κ3) is 3.44. The Kier molecular flexibility index (Phi) is 4.27. The van der Waals surface area contributed by atoms with Crippen LogP contribution in [0.1, 0.15) is 17.5 Å². The molecule has 2 aliphatic rings. The molecular formula is C17H24N2O2. The van der Waals surface area contributed by atoms with Crippen LogP contribution in [0, 0.1) is 19.8 Å². The second-order valence-electron chi connectivity index (χ2n) is 6.36. The van der Waals surface area contributed by atoms with Gasteiger partial charge in [0.2, 0.25) is 5.91 Å². The largest absolute Gasteiger partial charge is 0.381 e. The fourth-order valence-electron chi connectivity index (χ4n) is 3.35. The predicted octanol–water partition coefficient (Wildman–Crippen LogP) is 1.99. The molecule has 0 aromatic heterocycles. The van der Waals surface area contributed by atoms with E-state index in [1.54, 1.807) is 0 Å². The van der Waals surface area contributed by atoms with Crippen molar-refractivity contribution in [3.8, 4) is 0 Å². The number of amides is 1. The fraction of sp³-hybridized carbons (Fsp3) is 0.588. The Hall–Kier alpha value is -1.39. The summed E-state index contributed by atoms with van der Waals surface area (Å²) in [7, 11) is 0. The Morgan fingerprint density at radius 3 is 2.57 bits per heavy atom. The third-order valence-corrected chi connectivity index (χ3v) is 4.36. The molecule has 2 saturated heterocycles. The van der Waals surface area contributed by atoms with Crippen molar-refractivity contribution >= 4 is 11.6 Å². The van der Waals surface area contributed by atoms with Crippen LogP contribution in [0.3, 0.4) is 0 Å². The van der Waals surface area contributed by atoms with Gasteiger partial charge in [0, 0.05) is 31.9 Å². The number of hydrogen-bond acceptors (Lipinski definition) is 3.